The van der Waals surface area contributed by atoms with Crippen LogP contribution in [0.2, 0.25) is 0 Å². The summed E-state index contributed by atoms with van der Waals surface area (Å²) in [5, 5.41) is 14.6. The topological polar surface area (TPSA) is 267 Å². The van der Waals surface area contributed by atoms with E-state index < -0.39 is 29.2 Å². The molecule has 0 aliphatic carbocycles. The van der Waals surface area contributed by atoms with Crippen LogP contribution in [0.3, 0.4) is 0 Å². The summed E-state index contributed by atoms with van der Waals surface area (Å²) in [5.74, 6) is -0.980. The first-order chi connectivity index (χ1) is 32.8. The highest BCUT2D eigenvalue weighted by Gasteiger charge is 2.27. The lowest BCUT2D eigenvalue weighted by molar-refractivity contribution is 0.0141. The number of nitrogens with two attached hydrogens (primary N) is 2. The molecule has 368 valence electrons. The maximum Gasteiger partial charge on any atom is 0.410 e. The minimum Gasteiger partial charge on any atom is -0.491 e. The van der Waals surface area contributed by atoms with E-state index in [4.69, 9.17) is 30.7 Å². The number of hydrogen-bond acceptors (Lipinski definition) is 13. The van der Waals surface area contributed by atoms with Gasteiger partial charge in [-0.25, -0.2) is 14.8 Å². The highest BCUT2D eigenvalue weighted by atomic mass is 16.6. The number of anilines is 2. The summed E-state index contributed by atoms with van der Waals surface area (Å²) in [6, 6.07) is 9.66. The SMILES string of the molecule is CCn1nc(C)cc1C(=O)Nc1nc2cc(C(N)=O)cc(OCCCCn3c(NC(=O)c4cc(C)nn4CC)nc4cc(C(N)=O)cc(OCCCN5CCN(C(=O)OC(C)(C)C)CC5)c43)c2n1C. The van der Waals surface area contributed by atoms with Gasteiger partial charge >= 0.3 is 6.09 Å². The molecule has 1 aliphatic heterocycles. The summed E-state index contributed by atoms with van der Waals surface area (Å²) in [5.41, 5.74) is 15.3. The van der Waals surface area contributed by atoms with E-state index in [2.05, 4.69) is 30.7 Å². The number of unbranched alkanes of at least 4 members (excludes halogenated alkanes) is 1. The van der Waals surface area contributed by atoms with E-state index in [-0.39, 0.29) is 35.7 Å². The van der Waals surface area contributed by atoms with Gasteiger partial charge in [0, 0.05) is 70.5 Å². The lowest BCUT2D eigenvalue weighted by Gasteiger charge is -2.35. The fraction of sp³-hybridized carbons (Fsp3) is 0.468. The van der Waals surface area contributed by atoms with E-state index in [9.17, 15) is 24.0 Å². The fourth-order valence-corrected chi connectivity index (χ4v) is 8.24. The molecule has 0 saturated carbocycles. The molecule has 0 bridgehead atoms. The third-order valence-electron chi connectivity index (χ3n) is 11.6. The molecule has 22 heteroatoms. The molecule has 5 heterocycles. The molecule has 5 amide bonds. The third-order valence-corrected chi connectivity index (χ3v) is 11.6. The van der Waals surface area contributed by atoms with Gasteiger partial charge in [0.15, 0.2) is 0 Å². The predicted molar refractivity (Wildman–Crippen MR) is 258 cm³/mol. The normalized spacial score (nSPS) is 13.2. The third kappa shape index (κ3) is 11.4. The second kappa shape index (κ2) is 20.8. The van der Waals surface area contributed by atoms with Gasteiger partial charge in [0.1, 0.15) is 39.5 Å². The number of imidazole rings is 2. The molecule has 1 fully saturated rings. The number of ether oxygens (including phenoxy) is 3. The molecular weight excluding hydrogens is 889 g/mol. The van der Waals surface area contributed by atoms with Crippen molar-refractivity contribution in [3.8, 4) is 11.5 Å². The first kappa shape index (κ1) is 49.4. The number of piperazine rings is 1. The van der Waals surface area contributed by atoms with Gasteiger partial charge in [0.05, 0.1) is 35.6 Å². The zero-order valence-electron chi connectivity index (χ0n) is 40.5. The zero-order valence-corrected chi connectivity index (χ0v) is 40.5. The molecule has 0 atom stereocenters. The van der Waals surface area contributed by atoms with Crippen molar-refractivity contribution < 1.29 is 38.2 Å². The highest BCUT2D eigenvalue weighted by Crippen LogP contribution is 2.33. The molecule has 1 saturated heterocycles. The van der Waals surface area contributed by atoms with Gasteiger partial charge in [-0.3, -0.25) is 44.1 Å². The molecule has 6 aromatic rings. The minimum absolute atomic E-state index is 0.182. The molecule has 7 rings (SSSR count). The molecule has 2 aromatic carbocycles. The van der Waals surface area contributed by atoms with Crippen molar-refractivity contribution in [2.45, 2.75) is 93.0 Å². The van der Waals surface area contributed by atoms with Crippen LogP contribution in [-0.2, 0) is 31.4 Å². The smallest absolute Gasteiger partial charge is 0.410 e. The average Bonchev–Trinajstić information content (AvgIpc) is 4.06. The minimum atomic E-state index is -0.672. The van der Waals surface area contributed by atoms with E-state index in [1.54, 1.807) is 62.3 Å². The summed E-state index contributed by atoms with van der Waals surface area (Å²) in [4.78, 5) is 78.2. The summed E-state index contributed by atoms with van der Waals surface area (Å²) >= 11 is 0. The summed E-state index contributed by atoms with van der Waals surface area (Å²) in [7, 11) is 1.73. The van der Waals surface area contributed by atoms with Gasteiger partial charge in [-0.2, -0.15) is 10.2 Å². The van der Waals surface area contributed by atoms with Crippen molar-refractivity contribution in [1.82, 2.24) is 48.5 Å². The number of amides is 5. The molecule has 22 nitrogen and oxygen atoms in total. The average molecular weight is 951 g/mol. The van der Waals surface area contributed by atoms with Crippen molar-refractivity contribution in [3.63, 3.8) is 0 Å². The number of hydrogen-bond donors (Lipinski definition) is 4. The van der Waals surface area contributed by atoms with Crippen LogP contribution in [0.15, 0.2) is 36.4 Å². The van der Waals surface area contributed by atoms with Crippen LogP contribution >= 0.6 is 0 Å². The summed E-state index contributed by atoms with van der Waals surface area (Å²) < 4.78 is 25.0. The van der Waals surface area contributed by atoms with Crippen LogP contribution in [0.1, 0.15) is 107 Å². The second-order valence-corrected chi connectivity index (χ2v) is 17.9. The lowest BCUT2D eigenvalue weighted by atomic mass is 10.1. The van der Waals surface area contributed by atoms with Crippen LogP contribution in [0.4, 0.5) is 16.7 Å². The van der Waals surface area contributed by atoms with E-state index in [1.807, 2.05) is 53.0 Å². The van der Waals surface area contributed by atoms with Crippen molar-refractivity contribution in [3.05, 3.63) is 70.3 Å². The fourth-order valence-electron chi connectivity index (χ4n) is 8.24. The summed E-state index contributed by atoms with van der Waals surface area (Å²) in [6.07, 6.45) is 1.34. The van der Waals surface area contributed by atoms with Crippen molar-refractivity contribution in [2.75, 3.05) is 56.6 Å². The molecule has 0 radical (unpaired) electrons. The van der Waals surface area contributed by atoms with Crippen molar-refractivity contribution >= 4 is 63.7 Å². The number of aromatic nitrogens is 8. The Morgan fingerprint density at radius 3 is 1.71 bits per heavy atom. The first-order valence-corrected chi connectivity index (χ1v) is 23.2. The van der Waals surface area contributed by atoms with E-state index in [0.29, 0.717) is 135 Å². The Labute approximate surface area is 399 Å². The number of fused-ring (bicyclic) bond motifs is 2. The quantitative estimate of drug-likeness (QED) is 0.0792. The Balaban J connectivity index is 1.09. The number of nitrogens with one attached hydrogen (secondary N) is 2. The van der Waals surface area contributed by atoms with Gasteiger partial charge in [-0.15, -0.1) is 0 Å². The largest absolute Gasteiger partial charge is 0.491 e. The predicted octanol–water partition coefficient (Wildman–Crippen LogP) is 4.86. The van der Waals surface area contributed by atoms with E-state index in [0.717, 1.165) is 0 Å². The Morgan fingerprint density at radius 2 is 1.17 bits per heavy atom. The number of primary amides is 2. The number of rotatable bonds is 19. The summed E-state index contributed by atoms with van der Waals surface area (Å²) in [6.45, 7) is 17.9. The maximum atomic E-state index is 13.8. The number of carbonyl (C=O) groups excluding carboxylic acids is 5. The molecule has 0 unspecified atom stereocenters. The van der Waals surface area contributed by atoms with Crippen LogP contribution < -0.4 is 31.6 Å². The maximum absolute atomic E-state index is 13.8. The second-order valence-electron chi connectivity index (χ2n) is 17.9. The molecule has 6 N–H and O–H groups in total. The molecule has 0 spiro atoms. The van der Waals surface area contributed by atoms with Crippen molar-refractivity contribution in [1.29, 1.82) is 0 Å². The van der Waals surface area contributed by atoms with Crippen LogP contribution in [-0.4, -0.2) is 130 Å². The van der Waals surface area contributed by atoms with Crippen LogP contribution in [0.25, 0.3) is 22.1 Å². The van der Waals surface area contributed by atoms with E-state index >= 15 is 0 Å². The van der Waals surface area contributed by atoms with Gasteiger partial charge in [-0.1, -0.05) is 0 Å². The van der Waals surface area contributed by atoms with Crippen LogP contribution in [0.5, 0.6) is 11.5 Å². The number of nitrogens with zero attached hydrogens (tertiary/aromatic N) is 10. The van der Waals surface area contributed by atoms with Gasteiger partial charge < -0.3 is 39.7 Å². The number of carbonyl (C=O) groups is 5. The Bertz CT molecular complexity index is 2900. The molecule has 4 aromatic heterocycles. The van der Waals surface area contributed by atoms with E-state index in [1.165, 1.54) is 0 Å². The highest BCUT2D eigenvalue weighted by molar-refractivity contribution is 6.05. The van der Waals surface area contributed by atoms with Gasteiger partial charge in [0.25, 0.3) is 11.8 Å². The standard InChI is InChI=1S/C47H62N14O8/c1-9-60-34(22-28(3)54-60)42(64)52-44-50-32-24-30(40(48)62)26-36(38(32)56(44)8)67-20-12-11-15-59-39-33(51-45(59)53-43(65)35-23-29(4)55-61(35)10-2)25-31(41(49)63)27-37(39)68-21-13-14-57-16-18-58(19-17-57)46(66)69-47(5,6)7/h22-27H,9-21H2,1-8H3,(H2,48,62)(H2,49,63)(H,50,52,64)(H,51,53,65). The Morgan fingerprint density at radius 1 is 0.667 bits per heavy atom. The zero-order chi connectivity index (χ0) is 49.7. The van der Waals surface area contributed by atoms with Gasteiger partial charge in [-0.05, 0) is 104 Å². The van der Waals surface area contributed by atoms with Crippen LogP contribution in [0, 0.1) is 13.8 Å². The monoisotopic (exact) mass is 950 g/mol. The Kier molecular flexibility index (Phi) is 14.9. The van der Waals surface area contributed by atoms with Crippen molar-refractivity contribution in [2.24, 2.45) is 18.5 Å². The molecule has 1 aliphatic rings. The lowest BCUT2D eigenvalue weighted by Crippen LogP contribution is -2.50. The van der Waals surface area contributed by atoms with Gasteiger partial charge in [0.2, 0.25) is 23.7 Å². The molecular formula is C47H62N14O8. The first-order valence-electron chi connectivity index (χ1n) is 23.2. The number of aryl methyl sites for hydroxylation is 6. The number of benzene rings is 2. The molecule has 69 heavy (non-hydrogen) atoms. The Hall–Kier alpha value is -7.49.